The van der Waals surface area contributed by atoms with Gasteiger partial charge < -0.3 is 20.1 Å². The number of nitrogens with zero attached hydrogens (tertiary/aromatic N) is 4. The summed E-state index contributed by atoms with van der Waals surface area (Å²) < 4.78 is 13.5. The zero-order valence-electron chi connectivity index (χ0n) is 20.1. The molecule has 1 aromatic carbocycles. The molecule has 0 saturated carbocycles. The highest BCUT2D eigenvalue weighted by atomic mass is 16.5. The van der Waals surface area contributed by atoms with Crippen LogP contribution in [0.25, 0.3) is 0 Å². The van der Waals surface area contributed by atoms with Crippen LogP contribution in [0.3, 0.4) is 0 Å². The molecule has 2 N–H and O–H groups in total. The zero-order chi connectivity index (χ0) is 22.9. The van der Waals surface area contributed by atoms with E-state index in [-0.39, 0.29) is 6.04 Å². The SMILES string of the molecule is CN=C(NCc1ccccc1OCCN1CCOCC1)NC(C)Cc1c(C)nn(C)c1C. The molecule has 1 saturated heterocycles. The maximum Gasteiger partial charge on any atom is 0.191 e. The van der Waals surface area contributed by atoms with Gasteiger partial charge in [-0.15, -0.1) is 0 Å². The molecule has 3 rings (SSSR count). The van der Waals surface area contributed by atoms with Crippen molar-refractivity contribution in [2.24, 2.45) is 12.0 Å². The van der Waals surface area contributed by atoms with Crippen molar-refractivity contribution < 1.29 is 9.47 Å². The number of aliphatic imine (C=N–C) groups is 1. The molecule has 0 aliphatic carbocycles. The van der Waals surface area contributed by atoms with Crippen LogP contribution < -0.4 is 15.4 Å². The normalized spacial score (nSPS) is 16.1. The van der Waals surface area contributed by atoms with Crippen LogP contribution in [0, 0.1) is 13.8 Å². The van der Waals surface area contributed by atoms with Gasteiger partial charge in [0.05, 0.1) is 18.9 Å². The van der Waals surface area contributed by atoms with Crippen LogP contribution in [0.15, 0.2) is 29.3 Å². The van der Waals surface area contributed by atoms with Gasteiger partial charge in [-0.3, -0.25) is 14.6 Å². The molecule has 8 nitrogen and oxygen atoms in total. The minimum absolute atomic E-state index is 0.225. The summed E-state index contributed by atoms with van der Waals surface area (Å²) in [5, 5.41) is 11.4. The molecule has 1 aliphatic heterocycles. The number of aromatic nitrogens is 2. The van der Waals surface area contributed by atoms with Crippen LogP contribution in [-0.4, -0.2) is 73.2 Å². The van der Waals surface area contributed by atoms with E-state index in [2.05, 4.69) is 52.5 Å². The average molecular weight is 443 g/mol. The topological polar surface area (TPSA) is 75.9 Å². The monoisotopic (exact) mass is 442 g/mol. The third-order valence-corrected chi connectivity index (χ3v) is 5.96. The molecular weight excluding hydrogens is 404 g/mol. The highest BCUT2D eigenvalue weighted by molar-refractivity contribution is 5.80. The Bertz CT molecular complexity index is 889. The van der Waals surface area contributed by atoms with Crippen molar-refractivity contribution in [3.63, 3.8) is 0 Å². The highest BCUT2D eigenvalue weighted by Crippen LogP contribution is 2.18. The van der Waals surface area contributed by atoms with E-state index in [4.69, 9.17) is 9.47 Å². The fourth-order valence-corrected chi connectivity index (χ4v) is 3.98. The maximum atomic E-state index is 6.10. The van der Waals surface area contributed by atoms with Gasteiger partial charge in [-0.05, 0) is 38.8 Å². The van der Waals surface area contributed by atoms with Crippen LogP contribution in [0.5, 0.6) is 5.75 Å². The smallest absolute Gasteiger partial charge is 0.191 e. The predicted molar refractivity (Wildman–Crippen MR) is 128 cm³/mol. The number of ether oxygens (including phenoxy) is 2. The molecule has 176 valence electrons. The molecule has 1 aromatic heterocycles. The molecule has 32 heavy (non-hydrogen) atoms. The molecule has 2 heterocycles. The fourth-order valence-electron chi connectivity index (χ4n) is 3.98. The molecule has 0 spiro atoms. The first-order valence-corrected chi connectivity index (χ1v) is 11.4. The Kier molecular flexibility index (Phi) is 8.93. The van der Waals surface area contributed by atoms with Gasteiger partial charge in [0.2, 0.25) is 0 Å². The first kappa shape index (κ1) is 24.1. The van der Waals surface area contributed by atoms with E-state index in [0.29, 0.717) is 13.2 Å². The third-order valence-electron chi connectivity index (χ3n) is 5.96. The number of benzene rings is 1. The number of morpholine rings is 1. The van der Waals surface area contributed by atoms with Gasteiger partial charge in [-0.25, -0.2) is 0 Å². The number of hydrogen-bond donors (Lipinski definition) is 2. The summed E-state index contributed by atoms with van der Waals surface area (Å²) >= 11 is 0. The van der Waals surface area contributed by atoms with E-state index in [9.17, 15) is 0 Å². The predicted octanol–water partition coefficient (Wildman–Crippen LogP) is 2.04. The summed E-state index contributed by atoms with van der Waals surface area (Å²) in [7, 11) is 3.79. The van der Waals surface area contributed by atoms with Gasteiger partial charge >= 0.3 is 0 Å². The van der Waals surface area contributed by atoms with E-state index in [1.165, 1.54) is 11.3 Å². The van der Waals surface area contributed by atoms with E-state index < -0.39 is 0 Å². The van der Waals surface area contributed by atoms with Crippen molar-refractivity contribution in [3.05, 3.63) is 46.8 Å². The molecular formula is C24H38N6O2. The molecule has 0 amide bonds. The number of nitrogens with one attached hydrogen (secondary N) is 2. The van der Waals surface area contributed by atoms with Crippen LogP contribution in [0.4, 0.5) is 0 Å². The van der Waals surface area contributed by atoms with Gasteiger partial charge in [0.15, 0.2) is 5.96 Å². The molecule has 1 fully saturated rings. The van der Waals surface area contributed by atoms with Crippen molar-refractivity contribution >= 4 is 5.96 Å². The Labute approximate surface area is 192 Å². The first-order chi connectivity index (χ1) is 15.5. The van der Waals surface area contributed by atoms with Gasteiger partial charge in [0, 0.05) is 57.6 Å². The molecule has 8 heteroatoms. The second-order valence-electron chi connectivity index (χ2n) is 8.36. The highest BCUT2D eigenvalue weighted by Gasteiger charge is 2.15. The molecule has 1 atom stereocenters. The maximum absolute atomic E-state index is 6.10. The standard InChI is InChI=1S/C24H38N6O2/c1-18(16-22-19(2)28-29(5)20(22)3)27-24(25-4)26-17-21-8-6-7-9-23(21)32-15-12-30-10-13-31-14-11-30/h6-9,18H,10-17H2,1-5H3,(H2,25,26,27). The lowest BCUT2D eigenvalue weighted by molar-refractivity contribution is 0.0322. The van der Waals surface area contributed by atoms with Gasteiger partial charge in [0.25, 0.3) is 0 Å². The average Bonchev–Trinajstić information content (AvgIpc) is 3.04. The molecule has 0 bridgehead atoms. The summed E-state index contributed by atoms with van der Waals surface area (Å²) in [6.45, 7) is 12.2. The lowest BCUT2D eigenvalue weighted by atomic mass is 10.1. The van der Waals surface area contributed by atoms with Crippen molar-refractivity contribution in [2.45, 2.75) is 39.8 Å². The summed E-state index contributed by atoms with van der Waals surface area (Å²) in [4.78, 5) is 6.78. The van der Waals surface area contributed by atoms with Gasteiger partial charge in [-0.1, -0.05) is 18.2 Å². The largest absolute Gasteiger partial charge is 0.492 e. The van der Waals surface area contributed by atoms with Crippen molar-refractivity contribution in [1.82, 2.24) is 25.3 Å². The van der Waals surface area contributed by atoms with Crippen LogP contribution in [0.2, 0.25) is 0 Å². The Morgan fingerprint density at radius 1 is 1.25 bits per heavy atom. The summed E-state index contributed by atoms with van der Waals surface area (Å²) in [6.07, 6.45) is 0.896. The minimum Gasteiger partial charge on any atom is -0.492 e. The number of hydrogen-bond acceptors (Lipinski definition) is 5. The van der Waals surface area contributed by atoms with E-state index in [1.807, 2.05) is 29.9 Å². The Morgan fingerprint density at radius 2 is 2.00 bits per heavy atom. The zero-order valence-corrected chi connectivity index (χ0v) is 20.1. The Hall–Kier alpha value is -2.58. The van der Waals surface area contributed by atoms with E-state index in [1.54, 1.807) is 7.05 Å². The Morgan fingerprint density at radius 3 is 2.69 bits per heavy atom. The van der Waals surface area contributed by atoms with Crippen LogP contribution in [-0.2, 0) is 24.8 Å². The van der Waals surface area contributed by atoms with Gasteiger partial charge in [0.1, 0.15) is 12.4 Å². The summed E-state index contributed by atoms with van der Waals surface area (Å²) in [6, 6.07) is 8.40. The summed E-state index contributed by atoms with van der Waals surface area (Å²) in [5.41, 5.74) is 4.71. The fraction of sp³-hybridized carbons (Fsp3) is 0.583. The number of aryl methyl sites for hydroxylation is 2. The molecule has 1 aliphatic rings. The minimum atomic E-state index is 0.225. The van der Waals surface area contributed by atoms with Crippen LogP contribution in [0.1, 0.15) is 29.4 Å². The Balaban J connectivity index is 1.49. The van der Waals surface area contributed by atoms with Gasteiger partial charge in [-0.2, -0.15) is 5.10 Å². The number of rotatable bonds is 9. The van der Waals surface area contributed by atoms with Crippen LogP contribution >= 0.6 is 0 Å². The molecule has 1 unspecified atom stereocenters. The third kappa shape index (κ3) is 6.71. The quantitative estimate of drug-likeness (QED) is 0.457. The van der Waals surface area contributed by atoms with Crippen molar-refractivity contribution in [3.8, 4) is 5.75 Å². The first-order valence-electron chi connectivity index (χ1n) is 11.4. The lowest BCUT2D eigenvalue weighted by Crippen LogP contribution is -2.42. The number of para-hydroxylation sites is 1. The van der Waals surface area contributed by atoms with Crippen molar-refractivity contribution in [2.75, 3.05) is 46.5 Å². The van der Waals surface area contributed by atoms with E-state index in [0.717, 1.165) is 62.2 Å². The lowest BCUT2D eigenvalue weighted by Gasteiger charge is -2.26. The second kappa shape index (κ2) is 11.9. The molecule has 2 aromatic rings. The summed E-state index contributed by atoms with van der Waals surface area (Å²) in [5.74, 6) is 1.69. The number of guanidine groups is 1. The van der Waals surface area contributed by atoms with E-state index >= 15 is 0 Å². The van der Waals surface area contributed by atoms with Crippen molar-refractivity contribution in [1.29, 1.82) is 0 Å². The second-order valence-corrected chi connectivity index (χ2v) is 8.36. The molecule has 0 radical (unpaired) electrons.